The summed E-state index contributed by atoms with van der Waals surface area (Å²) in [7, 11) is 0. The van der Waals surface area contributed by atoms with Crippen LogP contribution in [0.3, 0.4) is 0 Å². The Morgan fingerprint density at radius 2 is 2.06 bits per heavy atom. The van der Waals surface area contributed by atoms with E-state index in [1.807, 2.05) is 0 Å². The first-order valence-corrected chi connectivity index (χ1v) is 6.78. The molecule has 1 fully saturated rings. The Hall–Kier alpha value is -1.65. The smallest absolute Gasteiger partial charge is 0.183 e. The van der Waals surface area contributed by atoms with Crippen LogP contribution >= 0.6 is 0 Å². The fourth-order valence-corrected chi connectivity index (χ4v) is 2.83. The molecule has 5 heteroatoms. The third-order valence-electron chi connectivity index (χ3n) is 3.88. The van der Waals surface area contributed by atoms with Gasteiger partial charge in [-0.3, -0.25) is 0 Å². The van der Waals surface area contributed by atoms with E-state index < -0.39 is 0 Å². The van der Waals surface area contributed by atoms with Crippen LogP contribution in [0, 0.1) is 5.92 Å². The van der Waals surface area contributed by atoms with Gasteiger partial charge in [0.05, 0.1) is 0 Å². The van der Waals surface area contributed by atoms with Crippen LogP contribution in [0.5, 0.6) is 0 Å². The van der Waals surface area contributed by atoms with Crippen LogP contribution in [0.15, 0.2) is 6.33 Å². The number of nitrogens with one attached hydrogen (secondary N) is 1. The van der Waals surface area contributed by atoms with Gasteiger partial charge in [0.2, 0.25) is 0 Å². The SMILES string of the molecule is Nc1ncnc2nc(CCC3CCCCC3)[nH]c12. The van der Waals surface area contributed by atoms with Gasteiger partial charge in [0.1, 0.15) is 17.7 Å². The normalized spacial score (nSPS) is 17.3. The second-order valence-electron chi connectivity index (χ2n) is 5.18. The summed E-state index contributed by atoms with van der Waals surface area (Å²) in [4.78, 5) is 15.8. The zero-order valence-electron chi connectivity index (χ0n) is 10.5. The van der Waals surface area contributed by atoms with Gasteiger partial charge in [-0.2, -0.15) is 0 Å². The number of rotatable bonds is 3. The highest BCUT2D eigenvalue weighted by Gasteiger charge is 2.14. The largest absolute Gasteiger partial charge is 0.382 e. The van der Waals surface area contributed by atoms with Gasteiger partial charge < -0.3 is 10.7 Å². The molecule has 0 saturated heterocycles. The maximum atomic E-state index is 5.79. The second kappa shape index (κ2) is 4.92. The Morgan fingerprint density at radius 3 is 2.83 bits per heavy atom. The summed E-state index contributed by atoms with van der Waals surface area (Å²) in [5, 5.41) is 0. The van der Waals surface area contributed by atoms with Gasteiger partial charge in [0.25, 0.3) is 0 Å². The zero-order chi connectivity index (χ0) is 12.4. The summed E-state index contributed by atoms with van der Waals surface area (Å²) in [6.45, 7) is 0. The first kappa shape index (κ1) is 11.4. The number of aromatic amines is 1. The molecule has 0 aromatic carbocycles. The highest BCUT2D eigenvalue weighted by atomic mass is 15.0. The summed E-state index contributed by atoms with van der Waals surface area (Å²) in [6.07, 6.45) is 10.6. The number of nitrogens with zero attached hydrogens (tertiary/aromatic N) is 3. The van der Waals surface area contributed by atoms with Gasteiger partial charge in [-0.1, -0.05) is 32.1 Å². The molecule has 2 aromatic heterocycles. The topological polar surface area (TPSA) is 80.5 Å². The molecule has 0 unspecified atom stereocenters. The zero-order valence-corrected chi connectivity index (χ0v) is 10.5. The van der Waals surface area contributed by atoms with Gasteiger partial charge >= 0.3 is 0 Å². The second-order valence-corrected chi connectivity index (χ2v) is 5.18. The van der Waals surface area contributed by atoms with E-state index in [0.717, 1.165) is 23.7 Å². The predicted octanol–water partition coefficient (Wildman–Crippen LogP) is 2.45. The number of imidazole rings is 1. The maximum absolute atomic E-state index is 5.79. The molecule has 0 aliphatic heterocycles. The lowest BCUT2D eigenvalue weighted by molar-refractivity contribution is 0.337. The van der Waals surface area contributed by atoms with Gasteiger partial charge in [-0.25, -0.2) is 15.0 Å². The molecule has 0 radical (unpaired) electrons. The van der Waals surface area contributed by atoms with E-state index in [-0.39, 0.29) is 0 Å². The molecule has 18 heavy (non-hydrogen) atoms. The molecule has 96 valence electrons. The molecule has 5 nitrogen and oxygen atoms in total. The minimum atomic E-state index is 0.483. The number of aromatic nitrogens is 4. The average Bonchev–Trinajstić information content (AvgIpc) is 2.82. The van der Waals surface area contributed by atoms with Crippen molar-refractivity contribution in [2.45, 2.75) is 44.9 Å². The molecule has 3 N–H and O–H groups in total. The fourth-order valence-electron chi connectivity index (χ4n) is 2.83. The van der Waals surface area contributed by atoms with Crippen molar-refractivity contribution in [1.29, 1.82) is 0 Å². The highest BCUT2D eigenvalue weighted by molar-refractivity contribution is 5.80. The molecule has 2 heterocycles. The van der Waals surface area contributed by atoms with Crippen LogP contribution in [0.1, 0.15) is 44.3 Å². The Morgan fingerprint density at radius 1 is 1.22 bits per heavy atom. The quantitative estimate of drug-likeness (QED) is 0.870. The third-order valence-corrected chi connectivity index (χ3v) is 3.88. The molecular weight excluding hydrogens is 226 g/mol. The third kappa shape index (κ3) is 2.30. The van der Waals surface area contributed by atoms with E-state index in [9.17, 15) is 0 Å². The summed E-state index contributed by atoms with van der Waals surface area (Å²) < 4.78 is 0. The molecular formula is C13H19N5. The maximum Gasteiger partial charge on any atom is 0.183 e. The van der Waals surface area contributed by atoms with E-state index in [4.69, 9.17) is 5.73 Å². The van der Waals surface area contributed by atoms with Crippen molar-refractivity contribution in [2.24, 2.45) is 5.92 Å². The minimum absolute atomic E-state index is 0.483. The predicted molar refractivity (Wildman–Crippen MR) is 71.0 cm³/mol. The minimum Gasteiger partial charge on any atom is -0.382 e. The molecule has 1 aliphatic rings. The van der Waals surface area contributed by atoms with Crippen LogP contribution in [0.25, 0.3) is 11.2 Å². The Bertz CT molecular complexity index is 527. The number of hydrogen-bond acceptors (Lipinski definition) is 4. The lowest BCUT2D eigenvalue weighted by Gasteiger charge is -2.20. The molecule has 0 atom stereocenters. The number of anilines is 1. The molecule has 1 saturated carbocycles. The lowest BCUT2D eigenvalue weighted by atomic mass is 9.86. The van der Waals surface area contributed by atoms with Crippen LogP contribution in [0.4, 0.5) is 5.82 Å². The fraction of sp³-hybridized carbons (Fsp3) is 0.615. The number of hydrogen-bond donors (Lipinski definition) is 2. The summed E-state index contributed by atoms with van der Waals surface area (Å²) in [5.74, 6) is 2.34. The van der Waals surface area contributed by atoms with Crippen LogP contribution in [0.2, 0.25) is 0 Å². The molecule has 0 amide bonds. The molecule has 2 aromatic rings. The van der Waals surface area contributed by atoms with Crippen molar-refractivity contribution in [2.75, 3.05) is 5.73 Å². The van der Waals surface area contributed by atoms with Crippen molar-refractivity contribution >= 4 is 17.0 Å². The number of aryl methyl sites for hydroxylation is 1. The first-order valence-electron chi connectivity index (χ1n) is 6.78. The van der Waals surface area contributed by atoms with E-state index in [1.165, 1.54) is 44.9 Å². The summed E-state index contributed by atoms with van der Waals surface area (Å²) in [5.41, 5.74) is 7.24. The standard InChI is InChI=1S/C13H19N5/c14-12-11-13(16-8-15-12)18-10(17-11)7-6-9-4-2-1-3-5-9/h8-9H,1-7H2,(H3,14,15,16,17,18). The van der Waals surface area contributed by atoms with Crippen molar-refractivity contribution < 1.29 is 0 Å². The van der Waals surface area contributed by atoms with Crippen molar-refractivity contribution in [1.82, 2.24) is 19.9 Å². The van der Waals surface area contributed by atoms with Gasteiger partial charge in [0, 0.05) is 6.42 Å². The van der Waals surface area contributed by atoms with E-state index in [1.54, 1.807) is 0 Å². The van der Waals surface area contributed by atoms with Crippen LogP contribution in [-0.4, -0.2) is 19.9 Å². The van der Waals surface area contributed by atoms with Gasteiger partial charge in [0.15, 0.2) is 11.5 Å². The van der Waals surface area contributed by atoms with Crippen LogP contribution in [-0.2, 0) is 6.42 Å². The van der Waals surface area contributed by atoms with Crippen molar-refractivity contribution in [3.63, 3.8) is 0 Å². The van der Waals surface area contributed by atoms with Gasteiger partial charge in [-0.15, -0.1) is 0 Å². The average molecular weight is 245 g/mol. The highest BCUT2D eigenvalue weighted by Crippen LogP contribution is 2.27. The molecule has 3 rings (SSSR count). The van der Waals surface area contributed by atoms with Gasteiger partial charge in [-0.05, 0) is 12.3 Å². The lowest BCUT2D eigenvalue weighted by Crippen LogP contribution is -2.07. The van der Waals surface area contributed by atoms with Crippen molar-refractivity contribution in [3.8, 4) is 0 Å². The first-order chi connectivity index (χ1) is 8.83. The number of nitrogen functional groups attached to an aromatic ring is 1. The molecule has 0 bridgehead atoms. The Kier molecular flexibility index (Phi) is 3.13. The van der Waals surface area contributed by atoms with Crippen molar-refractivity contribution in [3.05, 3.63) is 12.2 Å². The van der Waals surface area contributed by atoms with Crippen LogP contribution < -0.4 is 5.73 Å². The number of fused-ring (bicyclic) bond motifs is 1. The molecule has 1 aliphatic carbocycles. The Labute approximate surface area is 106 Å². The summed E-state index contributed by atoms with van der Waals surface area (Å²) >= 11 is 0. The summed E-state index contributed by atoms with van der Waals surface area (Å²) in [6, 6.07) is 0. The van der Waals surface area contributed by atoms with E-state index in [2.05, 4.69) is 19.9 Å². The van der Waals surface area contributed by atoms with E-state index in [0.29, 0.717) is 11.5 Å². The molecule has 0 spiro atoms. The number of H-pyrrole nitrogens is 1. The Balaban J connectivity index is 1.69. The van der Waals surface area contributed by atoms with E-state index >= 15 is 0 Å². The number of nitrogens with two attached hydrogens (primary N) is 1. The monoisotopic (exact) mass is 245 g/mol.